The van der Waals surface area contributed by atoms with Gasteiger partial charge in [-0.25, -0.2) is 0 Å². The smallest absolute Gasteiger partial charge is 0.309 e. The van der Waals surface area contributed by atoms with Crippen molar-refractivity contribution in [3.8, 4) is 0 Å². The number of hydrogen-bond donors (Lipinski definition) is 1. The molecule has 0 saturated heterocycles. The number of esters is 4. The van der Waals surface area contributed by atoms with Gasteiger partial charge < -0.3 is 28.8 Å². The van der Waals surface area contributed by atoms with Crippen LogP contribution >= 0.6 is 0 Å². The van der Waals surface area contributed by atoms with Gasteiger partial charge in [-0.15, -0.1) is 0 Å². The lowest BCUT2D eigenvalue weighted by molar-refractivity contribution is -0.226. The van der Waals surface area contributed by atoms with Crippen LogP contribution in [0.5, 0.6) is 0 Å². The molecule has 2 aliphatic rings. The van der Waals surface area contributed by atoms with Crippen molar-refractivity contribution in [2.75, 3.05) is 13.2 Å². The Morgan fingerprint density at radius 3 is 2.00 bits per heavy atom. The van der Waals surface area contributed by atoms with E-state index in [4.69, 9.17) is 23.7 Å². The van der Waals surface area contributed by atoms with Crippen molar-refractivity contribution in [2.45, 2.75) is 92.1 Å². The highest BCUT2D eigenvalue weighted by Gasteiger charge is 2.63. The van der Waals surface area contributed by atoms with Gasteiger partial charge in [-0.05, 0) is 24.2 Å². The zero-order valence-corrected chi connectivity index (χ0v) is 23.0. The van der Waals surface area contributed by atoms with E-state index in [1.165, 1.54) is 13.2 Å². The summed E-state index contributed by atoms with van der Waals surface area (Å²) >= 11 is 0. The molecule has 0 spiro atoms. The molecule has 1 fully saturated rings. The summed E-state index contributed by atoms with van der Waals surface area (Å²) < 4.78 is 27.7. The molecule has 0 radical (unpaired) electrons. The molecule has 0 aromatic heterocycles. The highest BCUT2D eigenvalue weighted by Crippen LogP contribution is 2.51. The quantitative estimate of drug-likeness (QED) is 0.298. The number of carbonyl (C=O) groups excluding carboxylic acids is 4. The zero-order valence-electron chi connectivity index (χ0n) is 23.0. The Labute approximate surface area is 219 Å². The lowest BCUT2D eigenvalue weighted by Gasteiger charge is -2.40. The molecule has 2 rings (SSSR count). The summed E-state index contributed by atoms with van der Waals surface area (Å²) in [4.78, 5) is 49.0. The van der Waals surface area contributed by atoms with E-state index in [1.54, 1.807) is 0 Å². The maximum absolute atomic E-state index is 12.6. The molecule has 1 aliphatic carbocycles. The van der Waals surface area contributed by atoms with Gasteiger partial charge in [-0.1, -0.05) is 41.5 Å². The summed E-state index contributed by atoms with van der Waals surface area (Å²) in [6.07, 6.45) is -0.385. The molecular weight excluding hydrogens is 484 g/mol. The van der Waals surface area contributed by atoms with E-state index < -0.39 is 60.3 Å². The van der Waals surface area contributed by atoms with Gasteiger partial charge >= 0.3 is 23.9 Å². The molecule has 10 nitrogen and oxygen atoms in total. The van der Waals surface area contributed by atoms with Crippen molar-refractivity contribution in [1.82, 2.24) is 0 Å². The molecule has 37 heavy (non-hydrogen) atoms. The van der Waals surface area contributed by atoms with Gasteiger partial charge in [-0.3, -0.25) is 19.2 Å². The van der Waals surface area contributed by atoms with Crippen LogP contribution in [0.15, 0.2) is 11.8 Å². The van der Waals surface area contributed by atoms with Gasteiger partial charge in [0.15, 0.2) is 0 Å². The second-order valence-corrected chi connectivity index (χ2v) is 11.3. The van der Waals surface area contributed by atoms with Crippen molar-refractivity contribution in [3.63, 3.8) is 0 Å². The van der Waals surface area contributed by atoms with E-state index in [2.05, 4.69) is 0 Å². The molecular formula is C27H42O10. The fourth-order valence-electron chi connectivity index (χ4n) is 4.68. The Bertz CT molecular complexity index is 861. The molecule has 1 heterocycles. The van der Waals surface area contributed by atoms with Crippen LogP contribution in [0.4, 0.5) is 0 Å². The van der Waals surface area contributed by atoms with E-state index in [9.17, 15) is 24.3 Å². The number of rotatable bonds is 12. The van der Waals surface area contributed by atoms with Crippen LogP contribution in [0, 0.1) is 29.6 Å². The van der Waals surface area contributed by atoms with E-state index in [-0.39, 0.29) is 50.0 Å². The minimum absolute atomic E-state index is 0.0284. The normalized spacial score (nSPS) is 26.8. The number of fused-ring (bicyclic) bond motifs is 1. The van der Waals surface area contributed by atoms with Gasteiger partial charge in [-0.2, -0.15) is 0 Å². The fourth-order valence-corrected chi connectivity index (χ4v) is 4.68. The second-order valence-electron chi connectivity index (χ2n) is 11.3. The number of aliphatic hydroxyl groups is 1. The van der Waals surface area contributed by atoms with Crippen LogP contribution in [0.25, 0.3) is 0 Å². The molecule has 0 bridgehead atoms. The third-order valence-corrected chi connectivity index (χ3v) is 6.31. The van der Waals surface area contributed by atoms with E-state index in [1.807, 2.05) is 41.5 Å². The minimum Gasteiger partial charge on any atom is -0.462 e. The molecule has 1 aliphatic heterocycles. The Kier molecular flexibility index (Phi) is 11.0. The monoisotopic (exact) mass is 526 g/mol. The standard InChI is InChI=1S/C27H42O10/c1-15(2)8-22(29)35-14-27(32)21(36-23(30)9-16(3)4)11-20-19(12-33-18(7)28)13-34-26(25(20)27)37-24(31)10-17(5)6/h13,15-17,20-21,25-26,32H,8-12,14H2,1-7H3/t20-,21+,25-,26+,27-/m1/s1. The van der Waals surface area contributed by atoms with Crippen molar-refractivity contribution < 1.29 is 48.0 Å². The lowest BCUT2D eigenvalue weighted by atomic mass is 9.80. The third-order valence-electron chi connectivity index (χ3n) is 6.31. The molecule has 210 valence electrons. The molecule has 0 aromatic rings. The molecule has 0 amide bonds. The number of carbonyl (C=O) groups is 4. The first kappa shape index (κ1) is 30.6. The molecule has 1 saturated carbocycles. The molecule has 1 N–H and O–H groups in total. The lowest BCUT2D eigenvalue weighted by Crippen LogP contribution is -2.55. The second kappa shape index (κ2) is 13.3. The van der Waals surface area contributed by atoms with Gasteiger partial charge in [0, 0.05) is 37.7 Å². The van der Waals surface area contributed by atoms with Gasteiger partial charge in [0.2, 0.25) is 6.29 Å². The number of ether oxygens (including phenoxy) is 5. The zero-order chi connectivity index (χ0) is 27.9. The topological polar surface area (TPSA) is 135 Å². The van der Waals surface area contributed by atoms with Crippen molar-refractivity contribution in [1.29, 1.82) is 0 Å². The average Bonchev–Trinajstić information content (AvgIpc) is 3.03. The number of hydrogen-bond acceptors (Lipinski definition) is 10. The molecule has 0 unspecified atom stereocenters. The maximum Gasteiger partial charge on any atom is 0.309 e. The van der Waals surface area contributed by atoms with E-state index in [0.29, 0.717) is 5.57 Å². The first-order chi connectivity index (χ1) is 17.2. The van der Waals surface area contributed by atoms with Crippen molar-refractivity contribution >= 4 is 23.9 Å². The van der Waals surface area contributed by atoms with Crippen molar-refractivity contribution in [2.24, 2.45) is 29.6 Å². The van der Waals surface area contributed by atoms with Gasteiger partial charge in [0.05, 0.1) is 12.2 Å². The Morgan fingerprint density at radius 2 is 1.46 bits per heavy atom. The summed E-state index contributed by atoms with van der Waals surface area (Å²) in [6.45, 7) is 11.9. The Balaban J connectivity index is 2.42. The fraction of sp³-hybridized carbons (Fsp3) is 0.778. The molecule has 5 atom stereocenters. The predicted molar refractivity (Wildman–Crippen MR) is 131 cm³/mol. The van der Waals surface area contributed by atoms with Crippen LogP contribution in [-0.4, -0.2) is 60.2 Å². The van der Waals surface area contributed by atoms with Crippen LogP contribution in [0.3, 0.4) is 0 Å². The summed E-state index contributed by atoms with van der Waals surface area (Å²) in [5.41, 5.74) is -1.38. The summed E-state index contributed by atoms with van der Waals surface area (Å²) in [6, 6.07) is 0. The third kappa shape index (κ3) is 8.72. The Morgan fingerprint density at radius 1 is 0.919 bits per heavy atom. The largest absolute Gasteiger partial charge is 0.462 e. The van der Waals surface area contributed by atoms with E-state index in [0.717, 1.165) is 0 Å². The highest BCUT2D eigenvalue weighted by molar-refractivity contribution is 5.71. The van der Waals surface area contributed by atoms with Crippen LogP contribution in [0.1, 0.15) is 74.1 Å². The van der Waals surface area contributed by atoms with Crippen LogP contribution in [-0.2, 0) is 42.9 Å². The van der Waals surface area contributed by atoms with Crippen molar-refractivity contribution in [3.05, 3.63) is 11.8 Å². The van der Waals surface area contributed by atoms with Crippen LogP contribution in [0.2, 0.25) is 0 Å². The summed E-state index contributed by atoms with van der Waals surface area (Å²) in [5, 5.41) is 12.0. The minimum atomic E-state index is -1.91. The predicted octanol–water partition coefficient (Wildman–Crippen LogP) is 3.29. The summed E-state index contributed by atoms with van der Waals surface area (Å²) in [7, 11) is 0. The molecule has 0 aromatic carbocycles. The first-order valence-electron chi connectivity index (χ1n) is 13.0. The van der Waals surface area contributed by atoms with E-state index >= 15 is 0 Å². The highest BCUT2D eigenvalue weighted by atomic mass is 16.7. The van der Waals surface area contributed by atoms with Gasteiger partial charge in [0.25, 0.3) is 0 Å². The molecule has 10 heteroatoms. The van der Waals surface area contributed by atoms with Crippen LogP contribution < -0.4 is 0 Å². The first-order valence-corrected chi connectivity index (χ1v) is 13.0. The average molecular weight is 527 g/mol. The van der Waals surface area contributed by atoms with Gasteiger partial charge in [0.1, 0.15) is 24.9 Å². The Hall–Kier alpha value is -2.62. The summed E-state index contributed by atoms with van der Waals surface area (Å²) in [5.74, 6) is -3.41. The SMILES string of the molecule is CC(=O)OCC1=CO[C@@H](OC(=O)CC(C)C)[C@H]2[C@@H]1C[C@H](OC(=O)CC(C)C)[C@]2(O)COC(=O)CC(C)C. The maximum atomic E-state index is 12.6.